The minimum atomic E-state index is -3.67. The maximum atomic E-state index is 13.1. The molecule has 0 atom stereocenters. The second kappa shape index (κ2) is 9.15. The molecule has 9 heteroatoms. The molecule has 4 rings (SSSR count). The molecule has 0 aliphatic carbocycles. The molecule has 1 aliphatic heterocycles. The summed E-state index contributed by atoms with van der Waals surface area (Å²) in [6.45, 7) is 1.87. The van der Waals surface area contributed by atoms with Crippen LogP contribution in [0.4, 0.5) is 4.39 Å². The molecule has 1 amide bonds. The molecule has 0 bridgehead atoms. The number of fused-ring (bicyclic) bond motifs is 1. The Balaban J connectivity index is 1.23. The van der Waals surface area contributed by atoms with Crippen molar-refractivity contribution in [3.05, 3.63) is 60.7 Å². The molecule has 0 spiro atoms. The zero-order valence-corrected chi connectivity index (χ0v) is 17.9. The van der Waals surface area contributed by atoms with E-state index in [0.717, 1.165) is 36.1 Å². The standard InChI is InChI=1S/C22H25FN4O3S/c23-18-6-8-19(9-7-18)31(29,30)27-14-10-17(11-15-27)22(28)24-12-3-13-26-16-25-20-4-1-2-5-21(20)26/h1-2,4-9,16-17H,3,10-15H2,(H,24,28). The van der Waals surface area contributed by atoms with Gasteiger partial charge in [-0.2, -0.15) is 4.31 Å². The Hall–Kier alpha value is -2.78. The second-order valence-corrected chi connectivity index (χ2v) is 9.64. The van der Waals surface area contributed by atoms with Gasteiger partial charge in [-0.25, -0.2) is 17.8 Å². The predicted octanol–water partition coefficient (Wildman–Crippen LogP) is 2.78. The van der Waals surface area contributed by atoms with E-state index >= 15 is 0 Å². The molecule has 2 aromatic carbocycles. The van der Waals surface area contributed by atoms with Crippen LogP contribution in [0.5, 0.6) is 0 Å². The fourth-order valence-corrected chi connectivity index (χ4v) is 5.38. The van der Waals surface area contributed by atoms with Crippen LogP contribution in [0.25, 0.3) is 11.0 Å². The van der Waals surface area contributed by atoms with Crippen molar-refractivity contribution in [2.45, 2.75) is 30.7 Å². The largest absolute Gasteiger partial charge is 0.356 e. The first kappa shape index (κ1) is 21.5. The van der Waals surface area contributed by atoms with E-state index in [0.29, 0.717) is 19.4 Å². The third-order valence-electron chi connectivity index (χ3n) is 5.68. The van der Waals surface area contributed by atoms with Gasteiger partial charge in [0.1, 0.15) is 5.82 Å². The summed E-state index contributed by atoms with van der Waals surface area (Å²) in [6.07, 6.45) is 3.53. The number of carbonyl (C=O) groups is 1. The number of piperidine rings is 1. The topological polar surface area (TPSA) is 84.3 Å². The normalized spacial score (nSPS) is 15.9. The van der Waals surface area contributed by atoms with Crippen LogP contribution < -0.4 is 5.32 Å². The van der Waals surface area contributed by atoms with Gasteiger partial charge < -0.3 is 9.88 Å². The minimum Gasteiger partial charge on any atom is -0.356 e. The van der Waals surface area contributed by atoms with Crippen molar-refractivity contribution in [2.75, 3.05) is 19.6 Å². The van der Waals surface area contributed by atoms with E-state index in [1.807, 2.05) is 30.6 Å². The Morgan fingerprint density at radius 2 is 1.81 bits per heavy atom. The number of benzene rings is 2. The van der Waals surface area contributed by atoms with Gasteiger partial charge in [-0.1, -0.05) is 12.1 Å². The summed E-state index contributed by atoms with van der Waals surface area (Å²) < 4.78 is 41.9. The maximum Gasteiger partial charge on any atom is 0.243 e. The maximum absolute atomic E-state index is 13.1. The average molecular weight is 445 g/mol. The summed E-state index contributed by atoms with van der Waals surface area (Å²) in [5, 5.41) is 2.97. The van der Waals surface area contributed by atoms with E-state index in [1.54, 1.807) is 0 Å². The van der Waals surface area contributed by atoms with E-state index in [9.17, 15) is 17.6 Å². The molecule has 31 heavy (non-hydrogen) atoms. The number of imidazole rings is 1. The van der Waals surface area contributed by atoms with Gasteiger partial charge in [0, 0.05) is 32.1 Å². The molecule has 0 saturated carbocycles. The molecule has 7 nitrogen and oxygen atoms in total. The first-order valence-electron chi connectivity index (χ1n) is 10.4. The Morgan fingerprint density at radius 1 is 1.10 bits per heavy atom. The fraction of sp³-hybridized carbons (Fsp3) is 0.364. The lowest BCUT2D eigenvalue weighted by Crippen LogP contribution is -2.43. The van der Waals surface area contributed by atoms with E-state index in [2.05, 4.69) is 14.9 Å². The van der Waals surface area contributed by atoms with Gasteiger partial charge in [0.05, 0.1) is 22.3 Å². The summed E-state index contributed by atoms with van der Waals surface area (Å²) in [5.74, 6) is -0.710. The summed E-state index contributed by atoms with van der Waals surface area (Å²) in [4.78, 5) is 16.9. The van der Waals surface area contributed by atoms with Crippen LogP contribution >= 0.6 is 0 Å². The van der Waals surface area contributed by atoms with Crippen molar-refractivity contribution >= 4 is 27.0 Å². The zero-order valence-electron chi connectivity index (χ0n) is 17.1. The van der Waals surface area contributed by atoms with Crippen LogP contribution in [0.1, 0.15) is 19.3 Å². The molecular formula is C22H25FN4O3S. The quantitative estimate of drug-likeness (QED) is 0.568. The summed E-state index contributed by atoms with van der Waals surface area (Å²) in [5.41, 5.74) is 2.03. The van der Waals surface area contributed by atoms with Gasteiger partial charge in [0.2, 0.25) is 15.9 Å². The lowest BCUT2D eigenvalue weighted by molar-refractivity contribution is -0.126. The summed E-state index contributed by atoms with van der Waals surface area (Å²) in [7, 11) is -3.67. The van der Waals surface area contributed by atoms with Crippen LogP contribution in [0.2, 0.25) is 0 Å². The molecule has 164 valence electrons. The van der Waals surface area contributed by atoms with Crippen molar-refractivity contribution in [3.63, 3.8) is 0 Å². The smallest absolute Gasteiger partial charge is 0.243 e. The van der Waals surface area contributed by atoms with Crippen molar-refractivity contribution < 1.29 is 17.6 Å². The predicted molar refractivity (Wildman–Crippen MR) is 115 cm³/mol. The molecule has 1 aromatic heterocycles. The van der Waals surface area contributed by atoms with Gasteiger partial charge in [-0.15, -0.1) is 0 Å². The van der Waals surface area contributed by atoms with E-state index in [1.165, 1.54) is 16.4 Å². The van der Waals surface area contributed by atoms with Crippen molar-refractivity contribution in [2.24, 2.45) is 5.92 Å². The fourth-order valence-electron chi connectivity index (χ4n) is 3.91. The number of para-hydroxylation sites is 2. The van der Waals surface area contributed by atoms with Crippen LogP contribution in [0.3, 0.4) is 0 Å². The molecule has 1 fully saturated rings. The summed E-state index contributed by atoms with van der Waals surface area (Å²) >= 11 is 0. The van der Waals surface area contributed by atoms with Gasteiger partial charge in [-0.3, -0.25) is 4.79 Å². The van der Waals surface area contributed by atoms with Crippen LogP contribution in [0.15, 0.2) is 59.8 Å². The monoisotopic (exact) mass is 444 g/mol. The number of halogens is 1. The number of aromatic nitrogens is 2. The number of hydrogen-bond acceptors (Lipinski definition) is 4. The third kappa shape index (κ3) is 4.77. The highest BCUT2D eigenvalue weighted by atomic mass is 32.2. The van der Waals surface area contributed by atoms with Gasteiger partial charge >= 0.3 is 0 Å². The van der Waals surface area contributed by atoms with Crippen LogP contribution in [-0.4, -0.2) is 47.8 Å². The number of amides is 1. The van der Waals surface area contributed by atoms with Gasteiger partial charge in [-0.05, 0) is 55.7 Å². The zero-order chi connectivity index (χ0) is 21.8. The molecule has 0 unspecified atom stereocenters. The third-order valence-corrected chi connectivity index (χ3v) is 7.59. The van der Waals surface area contributed by atoms with E-state index < -0.39 is 15.8 Å². The van der Waals surface area contributed by atoms with Gasteiger partial charge in [0.15, 0.2) is 0 Å². The number of aryl methyl sites for hydroxylation is 1. The Morgan fingerprint density at radius 3 is 2.55 bits per heavy atom. The first-order valence-corrected chi connectivity index (χ1v) is 11.8. The molecule has 3 aromatic rings. The summed E-state index contributed by atoms with van der Waals surface area (Å²) in [6, 6.07) is 12.7. The minimum absolute atomic E-state index is 0.0330. The van der Waals surface area contributed by atoms with Crippen molar-refractivity contribution in [1.29, 1.82) is 0 Å². The SMILES string of the molecule is O=C(NCCCn1cnc2ccccc21)C1CCN(S(=O)(=O)c2ccc(F)cc2)CC1. The highest BCUT2D eigenvalue weighted by Gasteiger charge is 2.31. The Bertz CT molecular complexity index is 1150. The number of carbonyl (C=O) groups excluding carboxylic acids is 1. The Labute approximate surface area is 180 Å². The lowest BCUT2D eigenvalue weighted by atomic mass is 9.97. The molecule has 1 N–H and O–H groups in total. The van der Waals surface area contributed by atoms with E-state index in [4.69, 9.17) is 0 Å². The van der Waals surface area contributed by atoms with Crippen molar-refractivity contribution in [1.82, 2.24) is 19.2 Å². The molecule has 1 aliphatic rings. The number of hydrogen-bond donors (Lipinski definition) is 1. The van der Waals surface area contributed by atoms with E-state index in [-0.39, 0.29) is 29.8 Å². The molecule has 1 saturated heterocycles. The number of nitrogens with zero attached hydrogens (tertiary/aromatic N) is 3. The number of nitrogens with one attached hydrogen (secondary N) is 1. The number of sulfonamides is 1. The lowest BCUT2D eigenvalue weighted by Gasteiger charge is -2.30. The highest BCUT2D eigenvalue weighted by molar-refractivity contribution is 7.89. The number of rotatable bonds is 7. The molecule has 0 radical (unpaired) electrons. The van der Waals surface area contributed by atoms with Crippen LogP contribution in [0, 0.1) is 11.7 Å². The highest BCUT2D eigenvalue weighted by Crippen LogP contribution is 2.24. The average Bonchev–Trinajstić information content (AvgIpc) is 3.20. The van der Waals surface area contributed by atoms with Crippen LogP contribution in [-0.2, 0) is 21.4 Å². The molecular weight excluding hydrogens is 419 g/mol. The Kier molecular flexibility index (Phi) is 6.33. The van der Waals surface area contributed by atoms with Crippen molar-refractivity contribution in [3.8, 4) is 0 Å². The first-order chi connectivity index (χ1) is 14.9. The second-order valence-electron chi connectivity index (χ2n) is 7.70. The molecule has 2 heterocycles. The van der Waals surface area contributed by atoms with Gasteiger partial charge in [0.25, 0.3) is 0 Å².